The van der Waals surface area contributed by atoms with Gasteiger partial charge in [0.05, 0.1) is 17.6 Å². The second kappa shape index (κ2) is 7.75. The molecule has 8 rings (SSSR count). The van der Waals surface area contributed by atoms with Crippen molar-refractivity contribution in [2.75, 3.05) is 0 Å². The third-order valence-electron chi connectivity index (χ3n) is 7.77. The van der Waals surface area contributed by atoms with E-state index < -0.39 is 5.91 Å². The van der Waals surface area contributed by atoms with Crippen LogP contribution in [0.2, 0.25) is 0 Å². The Labute approximate surface area is 205 Å². The van der Waals surface area contributed by atoms with Gasteiger partial charge in [0.15, 0.2) is 10.9 Å². The van der Waals surface area contributed by atoms with E-state index in [1.807, 2.05) is 18.2 Å². The molecule has 4 heterocycles. The summed E-state index contributed by atoms with van der Waals surface area (Å²) in [4.78, 5) is 17.2. The quantitative estimate of drug-likeness (QED) is 0.406. The van der Waals surface area contributed by atoms with Crippen molar-refractivity contribution in [3.05, 3.63) is 47.6 Å². The summed E-state index contributed by atoms with van der Waals surface area (Å²) in [5, 5.41) is 17.5. The molecule has 9 heteroatoms. The van der Waals surface area contributed by atoms with E-state index in [0.29, 0.717) is 16.7 Å². The third kappa shape index (κ3) is 3.43. The predicted octanol–water partition coefficient (Wildman–Crippen LogP) is 6.00. The first-order chi connectivity index (χ1) is 16.5. The molecule has 174 valence electrons. The lowest BCUT2D eigenvalue weighted by Crippen LogP contribution is -2.49. The summed E-state index contributed by atoms with van der Waals surface area (Å²) in [6.07, 6.45) is 10.9. The number of hydrogen-bond donors (Lipinski definition) is 1. The first-order valence-corrected chi connectivity index (χ1v) is 13.6. The van der Waals surface area contributed by atoms with Crippen LogP contribution < -0.4 is 0 Å². The summed E-state index contributed by atoms with van der Waals surface area (Å²) < 4.78 is 11.2. The number of amidine groups is 2. The van der Waals surface area contributed by atoms with Crippen LogP contribution in [0, 0.1) is 28.6 Å². The molecule has 4 fully saturated rings. The number of rotatable bonds is 5. The van der Waals surface area contributed by atoms with Crippen molar-refractivity contribution in [2.24, 2.45) is 33.3 Å². The number of nitrogens with zero attached hydrogens (tertiary/aromatic N) is 3. The second-order valence-corrected chi connectivity index (χ2v) is 12.1. The summed E-state index contributed by atoms with van der Waals surface area (Å²) in [6, 6.07) is 7.44. The summed E-state index contributed by atoms with van der Waals surface area (Å²) in [5.41, 5.74) is 0.324. The molecule has 34 heavy (non-hydrogen) atoms. The van der Waals surface area contributed by atoms with Crippen LogP contribution in [-0.4, -0.2) is 27.0 Å². The Kier molecular flexibility index (Phi) is 4.74. The zero-order valence-corrected chi connectivity index (χ0v) is 20.2. The van der Waals surface area contributed by atoms with Gasteiger partial charge in [-0.1, -0.05) is 11.8 Å². The molecule has 2 aliphatic heterocycles. The van der Waals surface area contributed by atoms with Crippen LogP contribution in [0.3, 0.4) is 0 Å². The van der Waals surface area contributed by atoms with Crippen molar-refractivity contribution < 1.29 is 13.6 Å². The first kappa shape index (κ1) is 20.8. The van der Waals surface area contributed by atoms with E-state index in [4.69, 9.17) is 19.3 Å². The van der Waals surface area contributed by atoms with Crippen LogP contribution in [0.5, 0.6) is 0 Å². The van der Waals surface area contributed by atoms with Crippen LogP contribution >= 0.6 is 23.5 Å². The van der Waals surface area contributed by atoms with Gasteiger partial charge in [0.2, 0.25) is 5.17 Å². The Morgan fingerprint density at radius 1 is 1.18 bits per heavy atom. The summed E-state index contributed by atoms with van der Waals surface area (Å²) in [7, 11) is 0. The molecule has 0 spiro atoms. The molecule has 0 atom stereocenters. The number of nitrogens with one attached hydrogen (secondary N) is 1. The zero-order chi connectivity index (χ0) is 22.9. The molecule has 0 unspecified atom stereocenters. The molecule has 2 aromatic heterocycles. The maximum absolute atomic E-state index is 12.8. The average molecular weight is 493 g/mol. The van der Waals surface area contributed by atoms with Gasteiger partial charge in [0, 0.05) is 5.41 Å². The number of hydrazone groups is 1. The lowest BCUT2D eigenvalue weighted by Gasteiger charge is -2.56. The minimum Gasteiger partial charge on any atom is -0.468 e. The predicted molar refractivity (Wildman–Crippen MR) is 133 cm³/mol. The molecule has 4 saturated carbocycles. The van der Waals surface area contributed by atoms with Gasteiger partial charge in [-0.25, -0.2) is 0 Å². The molecule has 0 radical (unpaired) electrons. The molecule has 2 aromatic rings. The normalized spacial score (nSPS) is 33.0. The molecular weight excluding hydrogens is 468 g/mol. The van der Waals surface area contributed by atoms with E-state index in [1.165, 1.54) is 62.0 Å². The van der Waals surface area contributed by atoms with Crippen LogP contribution in [-0.2, 0) is 10.5 Å². The number of carbonyl (C=O) groups excluding carboxylic acids is 1. The molecule has 0 aromatic carbocycles. The van der Waals surface area contributed by atoms with Gasteiger partial charge in [-0.05, 0) is 98.4 Å². The second-order valence-electron chi connectivity index (χ2n) is 10.1. The number of amides is 1. The number of hydrogen-bond acceptors (Lipinski definition) is 7. The fraction of sp³-hybridized carbons (Fsp3) is 0.440. The van der Waals surface area contributed by atoms with Crippen LogP contribution in [0.25, 0.3) is 6.08 Å². The van der Waals surface area contributed by atoms with Gasteiger partial charge in [-0.2, -0.15) is 15.1 Å². The molecule has 6 aliphatic rings. The van der Waals surface area contributed by atoms with E-state index in [0.717, 1.165) is 33.6 Å². The molecule has 1 N–H and O–H groups in total. The Hall–Kier alpha value is -2.52. The minimum atomic E-state index is -0.410. The van der Waals surface area contributed by atoms with Crippen LogP contribution in [0.15, 0.2) is 60.1 Å². The van der Waals surface area contributed by atoms with Gasteiger partial charge >= 0.3 is 0 Å². The van der Waals surface area contributed by atoms with Crippen molar-refractivity contribution in [1.29, 1.82) is 5.41 Å². The topological polar surface area (TPSA) is 95.2 Å². The molecule has 0 saturated heterocycles. The SMILES string of the molecule is N=C1/C(=C\c2ccc(SCc3ccco3)o2)C(=O)N=C2SC(C34CC5CC(CC(C5)C3)C4)=NN12. The summed E-state index contributed by atoms with van der Waals surface area (Å²) in [6.45, 7) is 0. The van der Waals surface area contributed by atoms with Gasteiger partial charge in [0.1, 0.15) is 16.6 Å². The monoisotopic (exact) mass is 492 g/mol. The van der Waals surface area contributed by atoms with E-state index in [1.54, 1.807) is 23.4 Å². The number of furan rings is 2. The fourth-order valence-corrected chi connectivity index (χ4v) is 8.63. The summed E-state index contributed by atoms with van der Waals surface area (Å²) >= 11 is 3.02. The van der Waals surface area contributed by atoms with Gasteiger partial charge in [0.25, 0.3) is 5.91 Å². The molecule has 4 aliphatic carbocycles. The van der Waals surface area contributed by atoms with E-state index in [9.17, 15) is 4.79 Å². The minimum absolute atomic E-state index is 0.0726. The fourth-order valence-electron chi connectivity index (χ4n) is 6.75. The van der Waals surface area contributed by atoms with Crippen molar-refractivity contribution in [3.8, 4) is 0 Å². The Balaban J connectivity index is 1.12. The van der Waals surface area contributed by atoms with Crippen molar-refractivity contribution in [1.82, 2.24) is 5.01 Å². The van der Waals surface area contributed by atoms with Crippen LogP contribution in [0.4, 0.5) is 0 Å². The van der Waals surface area contributed by atoms with E-state index >= 15 is 0 Å². The Morgan fingerprint density at radius 2 is 1.94 bits per heavy atom. The highest BCUT2D eigenvalue weighted by molar-refractivity contribution is 8.27. The molecule has 4 bridgehead atoms. The molecule has 7 nitrogen and oxygen atoms in total. The Bertz CT molecular complexity index is 1240. The lowest BCUT2D eigenvalue weighted by molar-refractivity contribution is -0.114. The highest BCUT2D eigenvalue weighted by Gasteiger charge is 2.55. The van der Waals surface area contributed by atoms with E-state index in [-0.39, 0.29) is 16.8 Å². The molecule has 1 amide bonds. The average Bonchev–Trinajstić information content (AvgIpc) is 3.55. The third-order valence-corrected chi connectivity index (χ3v) is 9.86. The maximum atomic E-state index is 12.8. The first-order valence-electron chi connectivity index (χ1n) is 11.8. The number of fused-ring (bicyclic) bond motifs is 1. The smallest absolute Gasteiger partial charge is 0.283 e. The number of thioether (sulfide) groups is 2. The number of aliphatic imine (C=N–C) groups is 1. The standard InChI is InChI=1S/C25H24N4O3S2/c26-21-19(9-17-3-4-20(32-17)33-13-18-2-1-5-31-18)22(30)27-24-29(21)28-23(34-24)25-10-14-6-15(11-25)8-16(7-14)12-25/h1-5,9,14-16,26H,6-8,10-13H2/b19-9+,26-21?. The number of carbonyl (C=O) groups is 1. The maximum Gasteiger partial charge on any atom is 0.283 e. The highest BCUT2D eigenvalue weighted by atomic mass is 32.2. The van der Waals surface area contributed by atoms with Crippen molar-refractivity contribution in [3.63, 3.8) is 0 Å². The lowest BCUT2D eigenvalue weighted by atomic mass is 9.50. The van der Waals surface area contributed by atoms with E-state index in [2.05, 4.69) is 4.99 Å². The van der Waals surface area contributed by atoms with Crippen LogP contribution in [0.1, 0.15) is 50.0 Å². The summed E-state index contributed by atoms with van der Waals surface area (Å²) in [5.74, 6) is 4.14. The zero-order valence-electron chi connectivity index (χ0n) is 18.5. The van der Waals surface area contributed by atoms with Crippen molar-refractivity contribution in [2.45, 2.75) is 49.4 Å². The van der Waals surface area contributed by atoms with Gasteiger partial charge in [-0.3, -0.25) is 10.2 Å². The highest BCUT2D eigenvalue weighted by Crippen LogP contribution is 2.62. The Morgan fingerprint density at radius 3 is 2.65 bits per heavy atom. The largest absolute Gasteiger partial charge is 0.468 e. The van der Waals surface area contributed by atoms with Gasteiger partial charge < -0.3 is 8.83 Å². The van der Waals surface area contributed by atoms with Crippen molar-refractivity contribution >= 4 is 51.6 Å². The van der Waals surface area contributed by atoms with Gasteiger partial charge in [-0.15, -0.1) is 0 Å². The molecular formula is C25H24N4O3S2.